The van der Waals surface area contributed by atoms with Crippen molar-refractivity contribution in [1.82, 2.24) is 4.90 Å². The first-order valence-corrected chi connectivity index (χ1v) is 15.3. The smallest absolute Gasteiger partial charge is 0.303 e. The Labute approximate surface area is 268 Å². The van der Waals surface area contributed by atoms with E-state index in [4.69, 9.17) is 26.2 Å². The lowest BCUT2D eigenvalue weighted by Crippen LogP contribution is -2.49. The maximum Gasteiger partial charge on any atom is 0.303 e. The zero-order valence-electron chi connectivity index (χ0n) is 25.3. The fourth-order valence-corrected chi connectivity index (χ4v) is 8.21. The van der Waals surface area contributed by atoms with Gasteiger partial charge in [0.2, 0.25) is 23.6 Å². The molecule has 2 aliphatic carbocycles. The Morgan fingerprint density at radius 2 is 1.80 bits per heavy atom. The van der Waals surface area contributed by atoms with E-state index in [1.165, 1.54) is 32.4 Å². The van der Waals surface area contributed by atoms with Gasteiger partial charge in [0.25, 0.3) is 0 Å². The van der Waals surface area contributed by atoms with E-state index >= 15 is 0 Å². The lowest BCUT2D eigenvalue weighted by atomic mass is 9.51. The molecule has 2 heterocycles. The Morgan fingerprint density at radius 3 is 2.46 bits per heavy atom. The van der Waals surface area contributed by atoms with E-state index in [0.29, 0.717) is 5.57 Å². The van der Waals surface area contributed by atoms with E-state index in [-0.39, 0.29) is 65.8 Å². The Balaban J connectivity index is 1.51. The molecule has 2 aliphatic heterocycles. The number of fused-ring (bicyclic) bond motifs is 4. The number of likely N-dealkylation sites (tertiary alicyclic amines) is 1. The number of allylic oxidation sites excluding steroid dienone is 2. The van der Waals surface area contributed by atoms with Crippen molar-refractivity contribution in [3.8, 4) is 17.2 Å². The Bertz CT molecular complexity index is 1730. The van der Waals surface area contributed by atoms with Crippen LogP contribution in [0.5, 0.6) is 17.2 Å². The summed E-state index contributed by atoms with van der Waals surface area (Å²) in [6, 6.07) is 6.47. The standard InChI is InChI=1S/C33H32ClFN2O9/c1-33-20(30(42)37(32(33)44)15-6-9-22(35)21(34)11-15)14-19-17(28(33)27-23(38)12-16(45-2)13-24(27)46-3)7-8-18-26(19)31(43)36(29(18)41)10-4-5-25(39)40/h6-7,9,11-13,18-20,26,28,38H,4-5,8,10,14H2,1-3H3,(H,39,40)/t18-,19+,20-,26-,28+,33+/m0/s1. The van der Waals surface area contributed by atoms with Gasteiger partial charge in [-0.15, -0.1) is 0 Å². The highest BCUT2D eigenvalue weighted by atomic mass is 35.5. The van der Waals surface area contributed by atoms with Crippen LogP contribution in [0.15, 0.2) is 42.0 Å². The van der Waals surface area contributed by atoms with Crippen LogP contribution in [0, 0.1) is 34.9 Å². The number of aromatic hydroxyl groups is 1. The molecule has 4 amide bonds. The van der Waals surface area contributed by atoms with Crippen LogP contribution in [0.3, 0.4) is 0 Å². The highest BCUT2D eigenvalue weighted by Gasteiger charge is 2.68. The fourth-order valence-electron chi connectivity index (χ4n) is 8.03. The molecule has 1 saturated carbocycles. The third kappa shape index (κ3) is 4.56. The molecule has 2 aromatic rings. The minimum Gasteiger partial charge on any atom is -0.507 e. The van der Waals surface area contributed by atoms with Crippen LogP contribution >= 0.6 is 11.6 Å². The number of hydrogen-bond acceptors (Lipinski definition) is 8. The Morgan fingerprint density at radius 1 is 1.07 bits per heavy atom. The van der Waals surface area contributed by atoms with Crippen molar-refractivity contribution >= 4 is 46.9 Å². The summed E-state index contributed by atoms with van der Waals surface area (Å²) in [6.45, 7) is 1.59. The number of carbonyl (C=O) groups excluding carboxylic acids is 4. The number of amides is 4. The van der Waals surface area contributed by atoms with Crippen molar-refractivity contribution in [2.45, 2.75) is 38.5 Å². The minimum atomic E-state index is -1.50. The Hall–Kier alpha value is -4.45. The summed E-state index contributed by atoms with van der Waals surface area (Å²) in [5, 5.41) is 20.2. The zero-order chi connectivity index (χ0) is 33.2. The van der Waals surface area contributed by atoms with E-state index in [2.05, 4.69) is 0 Å². The number of ether oxygens (including phenoxy) is 2. The first-order chi connectivity index (χ1) is 21.8. The second-order valence-corrected chi connectivity index (χ2v) is 12.8. The van der Waals surface area contributed by atoms with Gasteiger partial charge in [-0.25, -0.2) is 9.29 Å². The van der Waals surface area contributed by atoms with Crippen molar-refractivity contribution < 1.29 is 48.0 Å². The SMILES string of the molecule is COc1cc(O)c([C@H]2C3=CC[C@@H]4C(=O)N(CCCC(=O)O)C(=O)[C@@H]4[C@@H]3C[C@H]3C(=O)N(c4ccc(F)c(Cl)c4)C(=O)[C@@]23C)c(OC)c1. The Kier molecular flexibility index (Phi) is 7.82. The molecular formula is C33H32ClFN2O9. The number of benzene rings is 2. The fraction of sp³-hybridized carbons (Fsp3) is 0.424. The molecule has 0 bridgehead atoms. The van der Waals surface area contributed by atoms with Gasteiger partial charge in [-0.1, -0.05) is 23.3 Å². The molecule has 6 atom stereocenters. The molecule has 2 aromatic carbocycles. The van der Waals surface area contributed by atoms with Crippen LogP contribution in [0.2, 0.25) is 5.02 Å². The van der Waals surface area contributed by atoms with Crippen LogP contribution < -0.4 is 14.4 Å². The summed E-state index contributed by atoms with van der Waals surface area (Å²) in [7, 11) is 2.81. The van der Waals surface area contributed by atoms with Gasteiger partial charge >= 0.3 is 5.97 Å². The molecule has 0 spiro atoms. The average molecular weight is 655 g/mol. The van der Waals surface area contributed by atoms with E-state index in [9.17, 15) is 33.5 Å². The van der Waals surface area contributed by atoms with Gasteiger partial charge in [0, 0.05) is 36.6 Å². The third-order valence-electron chi connectivity index (χ3n) is 10.1. The lowest BCUT2D eigenvalue weighted by molar-refractivity contribution is -0.142. The molecule has 2 N–H and O–H groups in total. The number of methoxy groups -OCH3 is 2. The monoisotopic (exact) mass is 654 g/mol. The molecular weight excluding hydrogens is 623 g/mol. The lowest BCUT2D eigenvalue weighted by Gasteiger charge is -2.49. The molecule has 11 nitrogen and oxygen atoms in total. The summed E-state index contributed by atoms with van der Waals surface area (Å²) in [4.78, 5) is 69.4. The highest BCUT2D eigenvalue weighted by molar-refractivity contribution is 6.31. The topological polar surface area (TPSA) is 151 Å². The second-order valence-electron chi connectivity index (χ2n) is 12.3. The molecule has 0 aromatic heterocycles. The number of carbonyl (C=O) groups is 5. The number of anilines is 1. The number of aliphatic carboxylic acids is 1. The quantitative estimate of drug-likeness (QED) is 0.314. The zero-order valence-corrected chi connectivity index (χ0v) is 26.0. The maximum atomic E-state index is 14.5. The van der Waals surface area contributed by atoms with Crippen LogP contribution in [0.1, 0.15) is 44.1 Å². The molecule has 13 heteroatoms. The normalized spacial score (nSPS) is 28.5. The van der Waals surface area contributed by atoms with Crippen LogP contribution in [-0.2, 0) is 24.0 Å². The second kappa shape index (κ2) is 11.4. The highest BCUT2D eigenvalue weighted by Crippen LogP contribution is 2.65. The van der Waals surface area contributed by atoms with Gasteiger partial charge in [0.05, 0.1) is 48.1 Å². The van der Waals surface area contributed by atoms with Gasteiger partial charge < -0.3 is 19.7 Å². The maximum absolute atomic E-state index is 14.5. The van der Waals surface area contributed by atoms with Crippen LogP contribution in [-0.4, -0.2) is 65.5 Å². The number of rotatable bonds is 8. The molecule has 46 heavy (non-hydrogen) atoms. The van der Waals surface area contributed by atoms with E-state index in [1.807, 2.05) is 6.08 Å². The summed E-state index contributed by atoms with van der Waals surface area (Å²) in [5.74, 6) is -7.80. The number of phenols is 1. The number of nitrogens with zero attached hydrogens (tertiary/aromatic N) is 2. The van der Waals surface area contributed by atoms with Gasteiger partial charge in [-0.3, -0.25) is 28.9 Å². The number of halogens is 2. The van der Waals surface area contributed by atoms with Gasteiger partial charge in [0.1, 0.15) is 23.1 Å². The van der Waals surface area contributed by atoms with Crippen molar-refractivity contribution in [3.63, 3.8) is 0 Å². The molecule has 3 fully saturated rings. The van der Waals surface area contributed by atoms with E-state index in [0.717, 1.165) is 15.9 Å². The predicted molar refractivity (Wildman–Crippen MR) is 161 cm³/mol. The van der Waals surface area contributed by atoms with Crippen LogP contribution in [0.25, 0.3) is 0 Å². The molecule has 0 radical (unpaired) electrons. The first kappa shape index (κ1) is 31.5. The van der Waals surface area contributed by atoms with E-state index < -0.39 is 70.4 Å². The predicted octanol–water partition coefficient (Wildman–Crippen LogP) is 4.30. The number of imide groups is 2. The molecule has 242 valence electrons. The van der Waals surface area contributed by atoms with Crippen molar-refractivity contribution in [2.75, 3.05) is 25.7 Å². The van der Waals surface area contributed by atoms with Crippen LogP contribution in [0.4, 0.5) is 10.1 Å². The summed E-state index contributed by atoms with van der Waals surface area (Å²) < 4.78 is 25.1. The van der Waals surface area contributed by atoms with Gasteiger partial charge in [-0.05, 0) is 50.3 Å². The largest absolute Gasteiger partial charge is 0.507 e. The van der Waals surface area contributed by atoms with Crippen molar-refractivity contribution in [2.24, 2.45) is 29.1 Å². The molecule has 6 rings (SSSR count). The number of phenolic OH excluding ortho intramolecular Hbond substituents is 1. The van der Waals surface area contributed by atoms with E-state index in [1.54, 1.807) is 13.0 Å². The molecule has 2 saturated heterocycles. The van der Waals surface area contributed by atoms with Crippen molar-refractivity contribution in [3.05, 3.63) is 58.4 Å². The van der Waals surface area contributed by atoms with Gasteiger partial charge in [-0.2, -0.15) is 0 Å². The van der Waals surface area contributed by atoms with Gasteiger partial charge in [0.15, 0.2) is 0 Å². The number of hydrogen-bond donors (Lipinski definition) is 2. The summed E-state index contributed by atoms with van der Waals surface area (Å²) in [6.07, 6.45) is 1.93. The molecule has 4 aliphatic rings. The number of carboxylic acid groups (broad SMARTS) is 1. The minimum absolute atomic E-state index is 0.0484. The first-order valence-electron chi connectivity index (χ1n) is 14.9. The molecule has 0 unspecified atom stereocenters. The number of carboxylic acids is 1. The third-order valence-corrected chi connectivity index (χ3v) is 10.4. The summed E-state index contributed by atoms with van der Waals surface area (Å²) in [5.41, 5.74) is -0.583. The average Bonchev–Trinajstić information content (AvgIpc) is 3.38. The summed E-state index contributed by atoms with van der Waals surface area (Å²) >= 11 is 6.04. The van der Waals surface area contributed by atoms with Crippen molar-refractivity contribution in [1.29, 1.82) is 0 Å².